The summed E-state index contributed by atoms with van der Waals surface area (Å²) < 4.78 is 18.2. The Morgan fingerprint density at radius 2 is 1.85 bits per heavy atom. The van der Waals surface area contributed by atoms with E-state index in [4.69, 9.17) is 4.74 Å². The highest BCUT2D eigenvalue weighted by molar-refractivity contribution is 5.99. The molecule has 0 saturated heterocycles. The molecular formula is C19H19FN2O5. The van der Waals surface area contributed by atoms with E-state index in [9.17, 15) is 24.1 Å². The lowest BCUT2D eigenvalue weighted by Crippen LogP contribution is -2.30. The molecule has 0 aliphatic rings. The van der Waals surface area contributed by atoms with Gasteiger partial charge in [-0.1, -0.05) is 12.1 Å². The minimum Gasteiger partial charge on any atom is -0.462 e. The van der Waals surface area contributed by atoms with Crippen molar-refractivity contribution in [1.29, 1.82) is 0 Å². The van der Waals surface area contributed by atoms with Gasteiger partial charge in [-0.2, -0.15) is 0 Å². The van der Waals surface area contributed by atoms with Gasteiger partial charge in [0.25, 0.3) is 11.6 Å². The van der Waals surface area contributed by atoms with Crippen molar-refractivity contribution in [3.63, 3.8) is 0 Å². The van der Waals surface area contributed by atoms with E-state index in [0.717, 1.165) is 12.1 Å². The first-order chi connectivity index (χ1) is 12.8. The fourth-order valence-corrected chi connectivity index (χ4v) is 2.54. The maximum absolute atomic E-state index is 13.4. The largest absolute Gasteiger partial charge is 0.462 e. The number of nitrogens with zero attached hydrogens (tertiary/aromatic N) is 2. The van der Waals surface area contributed by atoms with Crippen LogP contribution in [0.1, 0.15) is 40.1 Å². The Labute approximate surface area is 155 Å². The fraction of sp³-hybridized carbons (Fsp3) is 0.263. The molecule has 0 N–H and O–H groups in total. The van der Waals surface area contributed by atoms with E-state index in [2.05, 4.69) is 0 Å². The van der Waals surface area contributed by atoms with E-state index in [1.807, 2.05) is 0 Å². The highest BCUT2D eigenvalue weighted by Gasteiger charge is 2.22. The predicted octanol–water partition coefficient (Wildman–Crippen LogP) is 3.57. The molecule has 0 aliphatic carbocycles. The van der Waals surface area contributed by atoms with Crippen molar-refractivity contribution in [3.8, 4) is 0 Å². The van der Waals surface area contributed by atoms with E-state index in [1.54, 1.807) is 19.9 Å². The normalized spacial score (nSPS) is 10.3. The number of esters is 1. The minimum atomic E-state index is -0.747. The molecule has 7 nitrogen and oxygen atoms in total. The van der Waals surface area contributed by atoms with Crippen LogP contribution in [0.3, 0.4) is 0 Å². The highest BCUT2D eigenvalue weighted by atomic mass is 19.1. The van der Waals surface area contributed by atoms with Gasteiger partial charge in [-0.05, 0) is 37.6 Å². The van der Waals surface area contributed by atoms with E-state index in [0.29, 0.717) is 12.1 Å². The zero-order valence-corrected chi connectivity index (χ0v) is 15.0. The number of nitro benzene ring substituents is 1. The summed E-state index contributed by atoms with van der Waals surface area (Å²) in [5.74, 6) is -1.67. The van der Waals surface area contributed by atoms with Crippen LogP contribution in [-0.4, -0.2) is 34.9 Å². The average molecular weight is 374 g/mol. The topological polar surface area (TPSA) is 89.8 Å². The highest BCUT2D eigenvalue weighted by Crippen LogP contribution is 2.20. The lowest BCUT2D eigenvalue weighted by atomic mass is 10.1. The first-order valence-electron chi connectivity index (χ1n) is 8.36. The third-order valence-electron chi connectivity index (χ3n) is 3.82. The number of ether oxygens (including phenoxy) is 1. The third kappa shape index (κ3) is 5.10. The van der Waals surface area contributed by atoms with Gasteiger partial charge in [-0.15, -0.1) is 0 Å². The molecule has 2 aromatic carbocycles. The number of hydrogen-bond donors (Lipinski definition) is 0. The molecule has 2 rings (SSSR count). The van der Waals surface area contributed by atoms with E-state index >= 15 is 0 Å². The van der Waals surface area contributed by atoms with Crippen molar-refractivity contribution in [2.45, 2.75) is 20.4 Å². The Morgan fingerprint density at radius 3 is 2.44 bits per heavy atom. The summed E-state index contributed by atoms with van der Waals surface area (Å²) in [7, 11) is 0. The summed E-state index contributed by atoms with van der Waals surface area (Å²) in [6, 6.07) is 9.27. The number of non-ortho nitro benzene ring substituents is 1. The molecule has 0 radical (unpaired) electrons. The van der Waals surface area contributed by atoms with Gasteiger partial charge < -0.3 is 9.64 Å². The Hall–Kier alpha value is -3.29. The average Bonchev–Trinajstić information content (AvgIpc) is 2.65. The molecule has 2 aromatic rings. The quantitative estimate of drug-likeness (QED) is 0.420. The van der Waals surface area contributed by atoms with Gasteiger partial charge in [0.1, 0.15) is 5.82 Å². The molecule has 0 atom stereocenters. The van der Waals surface area contributed by atoms with Crippen LogP contribution >= 0.6 is 0 Å². The number of hydrogen-bond acceptors (Lipinski definition) is 5. The lowest BCUT2D eigenvalue weighted by Gasteiger charge is -2.21. The van der Waals surface area contributed by atoms with Crippen LogP contribution in [0.4, 0.5) is 10.1 Å². The molecule has 0 aliphatic heterocycles. The number of nitro groups is 1. The molecule has 142 valence electrons. The molecule has 0 bridgehead atoms. The zero-order chi connectivity index (χ0) is 20.0. The van der Waals surface area contributed by atoms with Crippen LogP contribution in [0.25, 0.3) is 0 Å². The maximum Gasteiger partial charge on any atom is 0.338 e. The molecule has 0 saturated carbocycles. The van der Waals surface area contributed by atoms with Crippen molar-refractivity contribution >= 4 is 17.6 Å². The maximum atomic E-state index is 13.4. The predicted molar refractivity (Wildman–Crippen MR) is 95.9 cm³/mol. The van der Waals surface area contributed by atoms with Gasteiger partial charge in [0.15, 0.2) is 0 Å². The Morgan fingerprint density at radius 1 is 1.15 bits per heavy atom. The standard InChI is InChI=1S/C19H19FN2O5/c1-3-21(12-13-6-5-7-16(20)8-13)18(23)14-9-15(19(24)27-4-2)11-17(10-14)22(25)26/h5-11H,3-4,12H2,1-2H3. The van der Waals surface area contributed by atoms with Crippen molar-refractivity contribution in [1.82, 2.24) is 4.90 Å². The Bertz CT molecular complexity index is 869. The summed E-state index contributed by atoms with van der Waals surface area (Å²) in [5, 5.41) is 11.2. The fourth-order valence-electron chi connectivity index (χ4n) is 2.54. The SMILES string of the molecule is CCOC(=O)c1cc(C(=O)N(CC)Cc2cccc(F)c2)cc([N+](=O)[O-])c1. The summed E-state index contributed by atoms with van der Waals surface area (Å²) in [5.41, 5.74) is 0.119. The van der Waals surface area contributed by atoms with Crippen LogP contribution in [0.2, 0.25) is 0 Å². The molecule has 0 heterocycles. The zero-order valence-electron chi connectivity index (χ0n) is 15.0. The minimum absolute atomic E-state index is 0.00879. The number of amides is 1. The van der Waals surface area contributed by atoms with Gasteiger partial charge in [-0.3, -0.25) is 14.9 Å². The molecule has 27 heavy (non-hydrogen) atoms. The van der Waals surface area contributed by atoms with Gasteiger partial charge in [-0.25, -0.2) is 9.18 Å². The second-order valence-electron chi connectivity index (χ2n) is 5.70. The number of carbonyl (C=O) groups is 2. The van der Waals surface area contributed by atoms with Crippen molar-refractivity contribution in [3.05, 3.63) is 75.1 Å². The second kappa shape index (κ2) is 8.88. The van der Waals surface area contributed by atoms with Gasteiger partial charge in [0.2, 0.25) is 0 Å². The van der Waals surface area contributed by atoms with Crippen LogP contribution < -0.4 is 0 Å². The third-order valence-corrected chi connectivity index (χ3v) is 3.82. The van der Waals surface area contributed by atoms with Crippen LogP contribution in [-0.2, 0) is 11.3 Å². The molecule has 0 fully saturated rings. The van der Waals surface area contributed by atoms with Gasteiger partial charge >= 0.3 is 5.97 Å². The van der Waals surface area contributed by atoms with Crippen molar-refractivity contribution < 1.29 is 23.6 Å². The first kappa shape index (κ1) is 20.0. The molecule has 0 unspecified atom stereocenters. The molecule has 0 spiro atoms. The summed E-state index contributed by atoms with van der Waals surface area (Å²) in [6.07, 6.45) is 0. The molecule has 0 aromatic heterocycles. The summed E-state index contributed by atoms with van der Waals surface area (Å²) >= 11 is 0. The van der Waals surface area contributed by atoms with Crippen molar-refractivity contribution in [2.75, 3.05) is 13.2 Å². The smallest absolute Gasteiger partial charge is 0.338 e. The first-order valence-corrected chi connectivity index (χ1v) is 8.36. The lowest BCUT2D eigenvalue weighted by molar-refractivity contribution is -0.384. The Kier molecular flexibility index (Phi) is 6.59. The Balaban J connectivity index is 2.36. The van der Waals surface area contributed by atoms with Gasteiger partial charge in [0.05, 0.1) is 17.1 Å². The van der Waals surface area contributed by atoms with Crippen LogP contribution in [0.5, 0.6) is 0 Å². The number of rotatable bonds is 7. The van der Waals surface area contributed by atoms with E-state index in [1.165, 1.54) is 29.2 Å². The molecule has 1 amide bonds. The number of carbonyl (C=O) groups excluding carboxylic acids is 2. The molecule has 8 heteroatoms. The summed E-state index contributed by atoms with van der Waals surface area (Å²) in [6.45, 7) is 3.88. The second-order valence-corrected chi connectivity index (χ2v) is 5.70. The van der Waals surface area contributed by atoms with Crippen LogP contribution in [0, 0.1) is 15.9 Å². The number of benzene rings is 2. The summed E-state index contributed by atoms with van der Waals surface area (Å²) in [4.78, 5) is 36.7. The van der Waals surface area contributed by atoms with E-state index in [-0.39, 0.29) is 30.0 Å². The number of halogens is 1. The molecular weight excluding hydrogens is 355 g/mol. The monoisotopic (exact) mass is 374 g/mol. The van der Waals surface area contributed by atoms with Gasteiger partial charge in [0, 0.05) is 30.8 Å². The van der Waals surface area contributed by atoms with Crippen LogP contribution in [0.15, 0.2) is 42.5 Å². The van der Waals surface area contributed by atoms with Crippen molar-refractivity contribution in [2.24, 2.45) is 0 Å². The van der Waals surface area contributed by atoms with E-state index < -0.39 is 22.6 Å².